The number of hydrogen-bond acceptors (Lipinski definition) is 3. The number of benzene rings is 2. The standard InChI is InChI=1S/C18H19NOS/c20-11-10-19(12-15-6-2-1-3-7-15)13-16-14-21-18-9-5-4-8-17(16)18/h1-9,14,20H,10-13H2. The van der Waals surface area contributed by atoms with Gasteiger partial charge in [0, 0.05) is 24.3 Å². The van der Waals surface area contributed by atoms with Gasteiger partial charge in [0.25, 0.3) is 0 Å². The molecule has 0 saturated carbocycles. The van der Waals surface area contributed by atoms with E-state index in [4.69, 9.17) is 0 Å². The van der Waals surface area contributed by atoms with Crippen molar-refractivity contribution in [1.82, 2.24) is 4.90 Å². The lowest BCUT2D eigenvalue weighted by Crippen LogP contribution is -2.25. The molecule has 0 unspecified atom stereocenters. The summed E-state index contributed by atoms with van der Waals surface area (Å²) >= 11 is 1.79. The molecule has 0 amide bonds. The third kappa shape index (κ3) is 3.50. The van der Waals surface area contributed by atoms with Gasteiger partial charge in [0.05, 0.1) is 6.61 Å². The van der Waals surface area contributed by atoms with E-state index in [1.165, 1.54) is 21.2 Å². The van der Waals surface area contributed by atoms with Crippen LogP contribution >= 0.6 is 11.3 Å². The van der Waals surface area contributed by atoms with Crippen molar-refractivity contribution < 1.29 is 5.11 Å². The van der Waals surface area contributed by atoms with Crippen molar-refractivity contribution in [3.8, 4) is 0 Å². The van der Waals surface area contributed by atoms with Crippen LogP contribution in [0.1, 0.15) is 11.1 Å². The minimum Gasteiger partial charge on any atom is -0.395 e. The van der Waals surface area contributed by atoms with Gasteiger partial charge in [0.15, 0.2) is 0 Å². The minimum absolute atomic E-state index is 0.189. The molecule has 1 heterocycles. The Morgan fingerprint density at radius 3 is 2.48 bits per heavy atom. The summed E-state index contributed by atoms with van der Waals surface area (Å²) in [6, 6.07) is 18.9. The topological polar surface area (TPSA) is 23.5 Å². The number of thiophene rings is 1. The first-order chi connectivity index (χ1) is 10.4. The molecule has 3 aromatic rings. The number of rotatable bonds is 6. The summed E-state index contributed by atoms with van der Waals surface area (Å²) < 4.78 is 1.33. The van der Waals surface area contributed by atoms with E-state index in [0.29, 0.717) is 6.54 Å². The third-order valence-corrected chi connectivity index (χ3v) is 4.63. The highest BCUT2D eigenvalue weighted by molar-refractivity contribution is 7.17. The van der Waals surface area contributed by atoms with E-state index in [1.807, 2.05) is 6.07 Å². The molecule has 21 heavy (non-hydrogen) atoms. The molecule has 2 aromatic carbocycles. The van der Waals surface area contributed by atoms with E-state index in [-0.39, 0.29) is 6.61 Å². The molecular weight excluding hydrogens is 278 g/mol. The first kappa shape index (κ1) is 14.3. The maximum absolute atomic E-state index is 9.32. The lowest BCUT2D eigenvalue weighted by molar-refractivity contribution is 0.185. The summed E-state index contributed by atoms with van der Waals surface area (Å²) in [7, 11) is 0. The lowest BCUT2D eigenvalue weighted by atomic mass is 10.1. The number of nitrogens with zero attached hydrogens (tertiary/aromatic N) is 1. The second-order valence-electron chi connectivity index (χ2n) is 5.18. The van der Waals surface area contributed by atoms with Crippen molar-refractivity contribution in [1.29, 1.82) is 0 Å². The number of hydrogen-bond donors (Lipinski definition) is 1. The fraction of sp³-hybridized carbons (Fsp3) is 0.222. The highest BCUT2D eigenvalue weighted by atomic mass is 32.1. The Labute approximate surface area is 129 Å². The molecule has 108 valence electrons. The molecule has 3 heteroatoms. The van der Waals surface area contributed by atoms with E-state index in [1.54, 1.807) is 11.3 Å². The van der Waals surface area contributed by atoms with Crippen LogP contribution < -0.4 is 0 Å². The van der Waals surface area contributed by atoms with Crippen LogP contribution in [-0.2, 0) is 13.1 Å². The molecular formula is C18H19NOS. The maximum atomic E-state index is 9.32. The van der Waals surface area contributed by atoms with Gasteiger partial charge in [-0.15, -0.1) is 11.3 Å². The summed E-state index contributed by atoms with van der Waals surface area (Å²) in [5, 5.41) is 12.9. The van der Waals surface area contributed by atoms with Gasteiger partial charge in [-0.3, -0.25) is 4.90 Å². The lowest BCUT2D eigenvalue weighted by Gasteiger charge is -2.21. The first-order valence-electron chi connectivity index (χ1n) is 7.19. The number of aliphatic hydroxyl groups is 1. The molecule has 3 rings (SSSR count). The Balaban J connectivity index is 1.78. The third-order valence-electron chi connectivity index (χ3n) is 3.62. The Morgan fingerprint density at radius 1 is 0.905 bits per heavy atom. The molecule has 0 spiro atoms. The smallest absolute Gasteiger partial charge is 0.0558 e. The Kier molecular flexibility index (Phi) is 4.65. The van der Waals surface area contributed by atoms with Crippen LogP contribution in [0, 0.1) is 0 Å². The zero-order chi connectivity index (χ0) is 14.5. The van der Waals surface area contributed by atoms with Crippen molar-refractivity contribution in [2.45, 2.75) is 13.1 Å². The largest absolute Gasteiger partial charge is 0.395 e. The van der Waals surface area contributed by atoms with E-state index >= 15 is 0 Å². The maximum Gasteiger partial charge on any atom is 0.0558 e. The van der Waals surface area contributed by atoms with E-state index < -0.39 is 0 Å². The van der Waals surface area contributed by atoms with Gasteiger partial charge in [-0.05, 0) is 28.0 Å². The van der Waals surface area contributed by atoms with Crippen LogP contribution in [0.3, 0.4) is 0 Å². The fourth-order valence-electron chi connectivity index (χ4n) is 2.59. The number of aliphatic hydroxyl groups excluding tert-OH is 1. The normalized spacial score (nSPS) is 11.3. The van der Waals surface area contributed by atoms with Crippen molar-refractivity contribution in [3.63, 3.8) is 0 Å². The molecule has 0 radical (unpaired) electrons. The van der Waals surface area contributed by atoms with Gasteiger partial charge in [-0.2, -0.15) is 0 Å². The fourth-order valence-corrected chi connectivity index (χ4v) is 3.55. The van der Waals surface area contributed by atoms with Crippen LogP contribution in [-0.4, -0.2) is 23.2 Å². The van der Waals surface area contributed by atoms with E-state index in [0.717, 1.165) is 13.1 Å². The Bertz CT molecular complexity index is 693. The van der Waals surface area contributed by atoms with Crippen LogP contribution in [0.25, 0.3) is 10.1 Å². The second kappa shape index (κ2) is 6.85. The summed E-state index contributed by atoms with van der Waals surface area (Å²) in [5.74, 6) is 0. The Hall–Kier alpha value is -1.68. The molecule has 1 aromatic heterocycles. The van der Waals surface area contributed by atoms with Gasteiger partial charge in [0.1, 0.15) is 0 Å². The molecule has 0 aliphatic carbocycles. The summed E-state index contributed by atoms with van der Waals surface area (Å²) in [6.07, 6.45) is 0. The quantitative estimate of drug-likeness (QED) is 0.746. The van der Waals surface area contributed by atoms with Crippen LogP contribution in [0.4, 0.5) is 0 Å². The van der Waals surface area contributed by atoms with Crippen LogP contribution in [0.5, 0.6) is 0 Å². The van der Waals surface area contributed by atoms with E-state index in [9.17, 15) is 5.11 Å². The second-order valence-corrected chi connectivity index (χ2v) is 6.09. The SMILES string of the molecule is OCCN(Cc1ccccc1)Cc1csc2ccccc12. The van der Waals surface area contributed by atoms with Crippen LogP contribution in [0.15, 0.2) is 60.0 Å². The van der Waals surface area contributed by atoms with Gasteiger partial charge >= 0.3 is 0 Å². The predicted octanol–water partition coefficient (Wildman–Crippen LogP) is 3.90. The monoisotopic (exact) mass is 297 g/mol. The first-order valence-corrected chi connectivity index (χ1v) is 8.07. The summed E-state index contributed by atoms with van der Waals surface area (Å²) in [4.78, 5) is 2.30. The zero-order valence-corrected chi connectivity index (χ0v) is 12.7. The average Bonchev–Trinajstić information content (AvgIpc) is 2.92. The molecule has 0 aliphatic rings. The van der Waals surface area contributed by atoms with Gasteiger partial charge in [-0.1, -0.05) is 48.5 Å². The van der Waals surface area contributed by atoms with Crippen molar-refractivity contribution in [2.75, 3.05) is 13.2 Å². The summed E-state index contributed by atoms with van der Waals surface area (Å²) in [5.41, 5.74) is 2.63. The van der Waals surface area contributed by atoms with Crippen molar-refractivity contribution >= 4 is 21.4 Å². The van der Waals surface area contributed by atoms with Gasteiger partial charge in [-0.25, -0.2) is 0 Å². The molecule has 0 saturated heterocycles. The van der Waals surface area contributed by atoms with Gasteiger partial charge in [0.2, 0.25) is 0 Å². The molecule has 2 nitrogen and oxygen atoms in total. The average molecular weight is 297 g/mol. The minimum atomic E-state index is 0.189. The Morgan fingerprint density at radius 2 is 1.67 bits per heavy atom. The molecule has 0 aliphatic heterocycles. The van der Waals surface area contributed by atoms with E-state index in [2.05, 4.69) is 58.8 Å². The molecule has 0 fully saturated rings. The molecule has 1 N–H and O–H groups in total. The van der Waals surface area contributed by atoms with Crippen LogP contribution in [0.2, 0.25) is 0 Å². The highest BCUT2D eigenvalue weighted by Gasteiger charge is 2.10. The van der Waals surface area contributed by atoms with Gasteiger partial charge < -0.3 is 5.11 Å². The zero-order valence-electron chi connectivity index (χ0n) is 11.9. The molecule has 0 bridgehead atoms. The molecule has 0 atom stereocenters. The van der Waals surface area contributed by atoms with Crippen molar-refractivity contribution in [3.05, 3.63) is 71.1 Å². The highest BCUT2D eigenvalue weighted by Crippen LogP contribution is 2.27. The van der Waals surface area contributed by atoms with Crippen molar-refractivity contribution in [2.24, 2.45) is 0 Å². The summed E-state index contributed by atoms with van der Waals surface area (Å²) in [6.45, 7) is 2.62. The number of fused-ring (bicyclic) bond motifs is 1. The predicted molar refractivity (Wildman–Crippen MR) is 89.5 cm³/mol.